The highest BCUT2D eigenvalue weighted by molar-refractivity contribution is 5.77. The maximum atomic E-state index is 12.6. The molecule has 8 nitrogen and oxygen atoms in total. The highest BCUT2D eigenvalue weighted by Gasteiger charge is 2.25. The zero-order valence-electron chi connectivity index (χ0n) is 34.8. The van der Waals surface area contributed by atoms with Crippen molar-refractivity contribution in [1.82, 2.24) is 10.6 Å². The molecule has 0 saturated heterocycles. The molecule has 0 rings (SSSR count). The summed E-state index contributed by atoms with van der Waals surface area (Å²) >= 11 is 0. The van der Waals surface area contributed by atoms with Crippen LogP contribution in [0.2, 0.25) is 0 Å². The zero-order valence-corrected chi connectivity index (χ0v) is 38.0. The van der Waals surface area contributed by atoms with Crippen molar-refractivity contribution in [3.8, 4) is 0 Å². The highest BCUT2D eigenvalue weighted by Crippen LogP contribution is 2.15. The lowest BCUT2D eigenvalue weighted by Gasteiger charge is -2.33. The molecule has 0 aliphatic carbocycles. The Balaban J connectivity index is -0.0000120. The molecule has 2 amide bonds. The zero-order chi connectivity index (χ0) is 37.0. The predicted molar refractivity (Wildman–Crippen MR) is 213 cm³/mol. The number of amides is 2. The Morgan fingerprint density at radius 1 is 0.404 bits per heavy atom. The fourth-order valence-corrected chi connectivity index (χ4v) is 7.20. The van der Waals surface area contributed by atoms with Gasteiger partial charge in [0.15, 0.2) is 13.1 Å². The van der Waals surface area contributed by atoms with E-state index >= 15 is 0 Å². The SMILES string of the molecule is CCCCCCCCCCNC(=O)C[N+](C)(CCO)CCCCCCCCCCCC[N+](C)(CCO)CC(=O)NCCCCCCCCCC.[Br-].[Br-]. The van der Waals surface area contributed by atoms with Gasteiger partial charge in [-0.15, -0.1) is 0 Å². The number of carbonyl (C=O) groups excluding carboxylic acids is 2. The van der Waals surface area contributed by atoms with Gasteiger partial charge in [-0.3, -0.25) is 9.59 Å². The van der Waals surface area contributed by atoms with Crippen molar-refractivity contribution < 1.29 is 62.7 Å². The number of unbranched alkanes of at least 4 members (excludes halogenated alkanes) is 23. The van der Waals surface area contributed by atoms with Gasteiger partial charge in [0, 0.05) is 13.1 Å². The number of carbonyl (C=O) groups is 2. The molecule has 52 heavy (non-hydrogen) atoms. The second-order valence-corrected chi connectivity index (χ2v) is 16.1. The highest BCUT2D eigenvalue weighted by atomic mass is 79.9. The topological polar surface area (TPSA) is 98.7 Å². The van der Waals surface area contributed by atoms with E-state index in [1.807, 2.05) is 0 Å². The summed E-state index contributed by atoms with van der Waals surface area (Å²) in [5.41, 5.74) is 0. The minimum atomic E-state index is 0. The minimum Gasteiger partial charge on any atom is -1.00 e. The van der Waals surface area contributed by atoms with Crippen LogP contribution in [-0.2, 0) is 9.59 Å². The third-order valence-electron chi connectivity index (χ3n) is 10.7. The van der Waals surface area contributed by atoms with E-state index in [0.717, 1.165) is 51.9 Å². The van der Waals surface area contributed by atoms with Gasteiger partial charge < -0.3 is 63.8 Å². The Labute approximate surface area is 344 Å². The lowest BCUT2D eigenvalue weighted by Crippen LogP contribution is -3.00. The number of nitrogens with zero attached hydrogens (tertiary/aromatic N) is 2. The molecule has 10 heteroatoms. The standard InChI is InChI=1S/C42H86N4O4.2BrH/c1-5-7-9-11-13-19-23-27-31-43-41(49)39-45(3,35-37-47)33-29-25-21-17-15-16-18-22-26-30-34-46(4,36-38-48)40-42(50)44-32-28-24-20-14-12-10-8-6-2;;/h47-48H,5-40H2,1-4H3;2*1H. The van der Waals surface area contributed by atoms with Gasteiger partial charge in [-0.05, 0) is 38.5 Å². The average molecular weight is 873 g/mol. The quantitative estimate of drug-likeness (QED) is 0.0564. The van der Waals surface area contributed by atoms with E-state index in [0.29, 0.717) is 35.1 Å². The molecule has 0 fully saturated rings. The van der Waals surface area contributed by atoms with Crippen molar-refractivity contribution in [3.63, 3.8) is 0 Å². The maximum absolute atomic E-state index is 12.6. The molecule has 2 unspecified atom stereocenters. The Bertz CT molecular complexity index is 720. The summed E-state index contributed by atoms with van der Waals surface area (Å²) in [4.78, 5) is 25.2. The van der Waals surface area contributed by atoms with Crippen LogP contribution in [-0.4, -0.2) is 111 Å². The Morgan fingerprint density at radius 3 is 0.923 bits per heavy atom. The summed E-state index contributed by atoms with van der Waals surface area (Å²) < 4.78 is 1.25. The first-order valence-electron chi connectivity index (χ1n) is 21.7. The number of likely N-dealkylation sites (N-methyl/N-ethyl adjacent to an activating group) is 2. The fraction of sp³-hybridized carbons (Fsp3) is 0.952. The number of quaternary nitrogens is 2. The third kappa shape index (κ3) is 36.7. The molecule has 0 aromatic rings. The van der Waals surface area contributed by atoms with Crippen LogP contribution in [0.1, 0.15) is 181 Å². The van der Waals surface area contributed by atoms with Crippen LogP contribution in [0.5, 0.6) is 0 Å². The number of hydrogen-bond donors (Lipinski definition) is 4. The number of aliphatic hydroxyl groups excluding tert-OH is 2. The Morgan fingerprint density at radius 2 is 0.654 bits per heavy atom. The Hall–Kier alpha value is -0.260. The van der Waals surface area contributed by atoms with Gasteiger partial charge in [0.2, 0.25) is 0 Å². The van der Waals surface area contributed by atoms with Gasteiger partial charge in [0.05, 0.1) is 40.4 Å². The van der Waals surface area contributed by atoms with E-state index < -0.39 is 0 Å². The Kier molecular flexibility index (Phi) is 43.6. The number of aliphatic hydroxyl groups is 2. The summed E-state index contributed by atoms with van der Waals surface area (Å²) in [6, 6.07) is 0. The summed E-state index contributed by atoms with van der Waals surface area (Å²) in [6.07, 6.45) is 32.5. The molecule has 0 spiro atoms. The van der Waals surface area contributed by atoms with Crippen LogP contribution in [0.15, 0.2) is 0 Å². The van der Waals surface area contributed by atoms with E-state index in [1.165, 1.54) is 141 Å². The summed E-state index contributed by atoms with van der Waals surface area (Å²) in [5.74, 6) is 0.242. The molecular formula is C42H88Br2N4O4. The van der Waals surface area contributed by atoms with Crippen molar-refractivity contribution in [3.05, 3.63) is 0 Å². The molecule has 0 saturated carbocycles. The van der Waals surface area contributed by atoms with Crippen molar-refractivity contribution in [2.75, 3.05) is 79.7 Å². The normalized spacial score (nSPS) is 13.4. The molecule has 0 aliphatic rings. The maximum Gasteiger partial charge on any atom is 0.275 e. The van der Waals surface area contributed by atoms with E-state index in [-0.39, 0.29) is 59.0 Å². The summed E-state index contributed by atoms with van der Waals surface area (Å²) in [7, 11) is 4.23. The van der Waals surface area contributed by atoms with Crippen LogP contribution < -0.4 is 44.6 Å². The van der Waals surface area contributed by atoms with Gasteiger partial charge in [-0.25, -0.2) is 0 Å². The minimum absolute atomic E-state index is 0. The number of halogens is 2. The largest absolute Gasteiger partial charge is 1.00 e. The monoisotopic (exact) mass is 871 g/mol. The number of nitrogens with one attached hydrogen (secondary N) is 2. The number of hydrogen-bond acceptors (Lipinski definition) is 4. The molecule has 0 bridgehead atoms. The second kappa shape index (κ2) is 40.4. The van der Waals surface area contributed by atoms with Gasteiger partial charge in [0.1, 0.15) is 13.1 Å². The first-order valence-corrected chi connectivity index (χ1v) is 21.7. The number of rotatable bonds is 39. The second-order valence-electron chi connectivity index (χ2n) is 16.1. The molecule has 4 N–H and O–H groups in total. The van der Waals surface area contributed by atoms with Crippen molar-refractivity contribution in [2.24, 2.45) is 0 Å². The molecule has 314 valence electrons. The van der Waals surface area contributed by atoms with Crippen LogP contribution in [0.25, 0.3) is 0 Å². The smallest absolute Gasteiger partial charge is 0.275 e. The van der Waals surface area contributed by atoms with E-state index in [4.69, 9.17) is 0 Å². The molecular weight excluding hydrogens is 784 g/mol. The molecule has 0 aromatic heterocycles. The van der Waals surface area contributed by atoms with Crippen molar-refractivity contribution >= 4 is 11.8 Å². The lowest BCUT2D eigenvalue weighted by atomic mass is 10.1. The van der Waals surface area contributed by atoms with Crippen LogP contribution in [0.3, 0.4) is 0 Å². The van der Waals surface area contributed by atoms with E-state index in [9.17, 15) is 19.8 Å². The van der Waals surface area contributed by atoms with E-state index in [2.05, 4.69) is 38.6 Å². The van der Waals surface area contributed by atoms with Gasteiger partial charge in [-0.1, -0.05) is 142 Å². The van der Waals surface area contributed by atoms with E-state index in [1.54, 1.807) is 0 Å². The average Bonchev–Trinajstić information content (AvgIpc) is 3.07. The van der Waals surface area contributed by atoms with Crippen molar-refractivity contribution in [1.29, 1.82) is 0 Å². The molecule has 2 atom stereocenters. The van der Waals surface area contributed by atoms with Gasteiger partial charge in [0.25, 0.3) is 11.8 Å². The van der Waals surface area contributed by atoms with Crippen LogP contribution in [0, 0.1) is 0 Å². The van der Waals surface area contributed by atoms with Crippen LogP contribution in [0.4, 0.5) is 0 Å². The van der Waals surface area contributed by atoms with Gasteiger partial charge in [-0.2, -0.15) is 0 Å². The summed E-state index contributed by atoms with van der Waals surface area (Å²) in [5, 5.41) is 25.5. The summed E-state index contributed by atoms with van der Waals surface area (Å²) in [6.45, 7) is 10.4. The van der Waals surface area contributed by atoms with Crippen LogP contribution >= 0.6 is 0 Å². The molecule has 0 radical (unpaired) electrons. The third-order valence-corrected chi connectivity index (χ3v) is 10.7. The first-order chi connectivity index (χ1) is 24.2. The lowest BCUT2D eigenvalue weighted by molar-refractivity contribution is -0.902. The molecule has 0 heterocycles. The van der Waals surface area contributed by atoms with Crippen molar-refractivity contribution in [2.45, 2.75) is 181 Å². The fourth-order valence-electron chi connectivity index (χ4n) is 7.20. The first kappa shape index (κ1) is 56.1. The van der Waals surface area contributed by atoms with Gasteiger partial charge >= 0.3 is 0 Å². The molecule has 0 aliphatic heterocycles. The predicted octanol–water partition coefficient (Wildman–Crippen LogP) is 2.29. The molecule has 0 aromatic carbocycles.